The number of carbonyl (C=O) groups excluding carboxylic acids is 1. The van der Waals surface area contributed by atoms with E-state index < -0.39 is 0 Å². The summed E-state index contributed by atoms with van der Waals surface area (Å²) in [6, 6.07) is 6.64. The van der Waals surface area contributed by atoms with Crippen molar-refractivity contribution in [2.75, 3.05) is 11.9 Å². The molecule has 7 heteroatoms. The SMILES string of the molecule is C=CCNC(=O)c1cc(Nc2ccc(Cl)c(Cl)c2)ncn1. The number of rotatable bonds is 5. The van der Waals surface area contributed by atoms with Gasteiger partial charge in [0.15, 0.2) is 0 Å². The molecule has 2 aromatic rings. The van der Waals surface area contributed by atoms with Crippen LogP contribution in [-0.2, 0) is 0 Å². The zero-order chi connectivity index (χ0) is 15.2. The van der Waals surface area contributed by atoms with Crippen molar-refractivity contribution in [2.24, 2.45) is 0 Å². The van der Waals surface area contributed by atoms with E-state index >= 15 is 0 Å². The number of amides is 1. The Bertz CT molecular complexity index is 676. The third kappa shape index (κ3) is 4.18. The van der Waals surface area contributed by atoms with Crippen molar-refractivity contribution in [1.82, 2.24) is 15.3 Å². The lowest BCUT2D eigenvalue weighted by molar-refractivity contribution is 0.0953. The standard InChI is InChI=1S/C14H12Cl2N4O/c1-2-5-17-14(21)12-7-13(19-8-18-12)20-9-3-4-10(15)11(16)6-9/h2-4,6-8H,1,5H2,(H,17,21)(H,18,19,20). The molecule has 0 aliphatic heterocycles. The minimum Gasteiger partial charge on any atom is -0.347 e. The smallest absolute Gasteiger partial charge is 0.270 e. The van der Waals surface area contributed by atoms with E-state index in [0.717, 1.165) is 0 Å². The zero-order valence-electron chi connectivity index (χ0n) is 10.9. The second-order valence-corrected chi connectivity index (χ2v) is 4.86. The molecule has 2 rings (SSSR count). The molecule has 1 aromatic heterocycles. The molecular weight excluding hydrogens is 311 g/mol. The summed E-state index contributed by atoms with van der Waals surface area (Å²) in [6.07, 6.45) is 2.90. The van der Waals surface area contributed by atoms with E-state index in [0.29, 0.717) is 28.1 Å². The molecule has 1 heterocycles. The van der Waals surface area contributed by atoms with Gasteiger partial charge in [-0.25, -0.2) is 9.97 Å². The summed E-state index contributed by atoms with van der Waals surface area (Å²) in [7, 11) is 0. The fourth-order valence-corrected chi connectivity index (χ4v) is 1.83. The Morgan fingerprint density at radius 2 is 2.05 bits per heavy atom. The Kier molecular flexibility index (Phi) is 5.14. The Labute approximate surface area is 132 Å². The Balaban J connectivity index is 2.15. The van der Waals surface area contributed by atoms with Gasteiger partial charge in [0.1, 0.15) is 17.8 Å². The van der Waals surface area contributed by atoms with Gasteiger partial charge in [0.2, 0.25) is 0 Å². The molecule has 21 heavy (non-hydrogen) atoms. The highest BCUT2D eigenvalue weighted by molar-refractivity contribution is 6.42. The van der Waals surface area contributed by atoms with Crippen LogP contribution in [0.1, 0.15) is 10.5 Å². The zero-order valence-corrected chi connectivity index (χ0v) is 12.4. The van der Waals surface area contributed by atoms with Gasteiger partial charge in [0.05, 0.1) is 10.0 Å². The van der Waals surface area contributed by atoms with Gasteiger partial charge in [0, 0.05) is 18.3 Å². The first-order valence-electron chi connectivity index (χ1n) is 6.03. The summed E-state index contributed by atoms with van der Waals surface area (Å²) >= 11 is 11.8. The summed E-state index contributed by atoms with van der Waals surface area (Å²) in [5, 5.41) is 6.57. The average molecular weight is 323 g/mol. The molecular formula is C14H12Cl2N4O. The van der Waals surface area contributed by atoms with Gasteiger partial charge in [-0.1, -0.05) is 29.3 Å². The fraction of sp³-hybridized carbons (Fsp3) is 0.0714. The maximum atomic E-state index is 11.8. The van der Waals surface area contributed by atoms with Gasteiger partial charge >= 0.3 is 0 Å². The number of anilines is 2. The van der Waals surface area contributed by atoms with Crippen LogP contribution in [0.15, 0.2) is 43.2 Å². The summed E-state index contributed by atoms with van der Waals surface area (Å²) < 4.78 is 0. The van der Waals surface area contributed by atoms with Crippen molar-refractivity contribution in [1.29, 1.82) is 0 Å². The lowest BCUT2D eigenvalue weighted by Gasteiger charge is -2.08. The van der Waals surface area contributed by atoms with Gasteiger partial charge in [-0.05, 0) is 18.2 Å². The molecule has 1 aromatic carbocycles. The van der Waals surface area contributed by atoms with E-state index in [-0.39, 0.29) is 11.6 Å². The lowest BCUT2D eigenvalue weighted by atomic mass is 10.3. The summed E-state index contributed by atoms with van der Waals surface area (Å²) in [5.41, 5.74) is 0.968. The Morgan fingerprint density at radius 3 is 2.76 bits per heavy atom. The van der Waals surface area contributed by atoms with Crippen LogP contribution in [0, 0.1) is 0 Å². The van der Waals surface area contributed by atoms with Gasteiger partial charge in [0.25, 0.3) is 5.91 Å². The number of aromatic nitrogens is 2. The van der Waals surface area contributed by atoms with Crippen molar-refractivity contribution in [3.63, 3.8) is 0 Å². The second kappa shape index (κ2) is 7.06. The van der Waals surface area contributed by atoms with E-state index in [1.807, 2.05) is 0 Å². The molecule has 0 bridgehead atoms. The third-order valence-corrected chi connectivity index (χ3v) is 3.24. The first-order valence-corrected chi connectivity index (χ1v) is 6.79. The number of hydrogen-bond donors (Lipinski definition) is 2. The number of nitrogens with one attached hydrogen (secondary N) is 2. The van der Waals surface area contributed by atoms with Crippen LogP contribution in [0.2, 0.25) is 10.0 Å². The second-order valence-electron chi connectivity index (χ2n) is 4.04. The monoisotopic (exact) mass is 322 g/mol. The molecule has 108 valence electrons. The topological polar surface area (TPSA) is 66.9 Å². The summed E-state index contributed by atoms with van der Waals surface area (Å²) in [6.45, 7) is 3.91. The summed E-state index contributed by atoms with van der Waals surface area (Å²) in [4.78, 5) is 19.8. The van der Waals surface area contributed by atoms with Gasteiger partial charge in [-0.15, -0.1) is 6.58 Å². The van der Waals surface area contributed by atoms with E-state index in [4.69, 9.17) is 23.2 Å². The summed E-state index contributed by atoms with van der Waals surface area (Å²) in [5.74, 6) is 0.182. The van der Waals surface area contributed by atoms with Crippen molar-refractivity contribution >= 4 is 40.6 Å². The normalized spacial score (nSPS) is 10.0. The first-order chi connectivity index (χ1) is 10.1. The molecule has 0 radical (unpaired) electrons. The Hall–Kier alpha value is -2.11. The van der Waals surface area contributed by atoms with E-state index in [2.05, 4.69) is 27.2 Å². The molecule has 2 N–H and O–H groups in total. The molecule has 0 saturated carbocycles. The quantitative estimate of drug-likeness (QED) is 0.827. The number of halogens is 2. The van der Waals surface area contributed by atoms with Crippen LogP contribution < -0.4 is 10.6 Å². The van der Waals surface area contributed by atoms with Crippen LogP contribution in [0.4, 0.5) is 11.5 Å². The molecule has 0 unspecified atom stereocenters. The Morgan fingerprint density at radius 1 is 1.24 bits per heavy atom. The average Bonchev–Trinajstić information content (AvgIpc) is 2.49. The predicted octanol–water partition coefficient (Wildman–Crippen LogP) is 3.44. The highest BCUT2D eigenvalue weighted by Crippen LogP contribution is 2.26. The minimum atomic E-state index is -0.297. The van der Waals surface area contributed by atoms with Crippen molar-refractivity contribution in [3.05, 3.63) is 59.0 Å². The number of carbonyl (C=O) groups is 1. The molecule has 0 saturated heterocycles. The number of benzene rings is 1. The third-order valence-electron chi connectivity index (χ3n) is 2.50. The molecule has 0 aliphatic rings. The highest BCUT2D eigenvalue weighted by atomic mass is 35.5. The maximum Gasteiger partial charge on any atom is 0.270 e. The van der Waals surface area contributed by atoms with E-state index in [1.165, 1.54) is 6.33 Å². The van der Waals surface area contributed by atoms with Gasteiger partial charge in [-0.3, -0.25) is 4.79 Å². The molecule has 0 aliphatic carbocycles. The molecule has 0 spiro atoms. The van der Waals surface area contributed by atoms with E-state index in [1.54, 1.807) is 30.3 Å². The van der Waals surface area contributed by atoms with Crippen LogP contribution >= 0.6 is 23.2 Å². The molecule has 1 amide bonds. The predicted molar refractivity (Wildman–Crippen MR) is 84.3 cm³/mol. The molecule has 5 nitrogen and oxygen atoms in total. The maximum absolute atomic E-state index is 11.8. The lowest BCUT2D eigenvalue weighted by Crippen LogP contribution is -2.24. The number of nitrogens with zero attached hydrogens (tertiary/aromatic N) is 2. The van der Waals surface area contributed by atoms with E-state index in [9.17, 15) is 4.79 Å². The largest absolute Gasteiger partial charge is 0.347 e. The molecule has 0 fully saturated rings. The van der Waals surface area contributed by atoms with Crippen molar-refractivity contribution < 1.29 is 4.79 Å². The van der Waals surface area contributed by atoms with Crippen LogP contribution in [-0.4, -0.2) is 22.4 Å². The highest BCUT2D eigenvalue weighted by Gasteiger charge is 2.08. The van der Waals surface area contributed by atoms with Crippen LogP contribution in [0.3, 0.4) is 0 Å². The van der Waals surface area contributed by atoms with Gasteiger partial charge < -0.3 is 10.6 Å². The minimum absolute atomic E-state index is 0.259. The van der Waals surface area contributed by atoms with Gasteiger partial charge in [-0.2, -0.15) is 0 Å². The number of hydrogen-bond acceptors (Lipinski definition) is 4. The van der Waals surface area contributed by atoms with Crippen molar-refractivity contribution in [2.45, 2.75) is 0 Å². The first kappa shape index (κ1) is 15.3. The molecule has 0 atom stereocenters. The fourth-order valence-electron chi connectivity index (χ4n) is 1.53. The van der Waals surface area contributed by atoms with Crippen LogP contribution in [0.5, 0.6) is 0 Å². The van der Waals surface area contributed by atoms with Crippen molar-refractivity contribution in [3.8, 4) is 0 Å². The van der Waals surface area contributed by atoms with Crippen LogP contribution in [0.25, 0.3) is 0 Å².